The van der Waals surface area contributed by atoms with Crippen LogP contribution in [-0.2, 0) is 22.5 Å². The summed E-state index contributed by atoms with van der Waals surface area (Å²) < 4.78 is 10.1. The van der Waals surface area contributed by atoms with Crippen molar-refractivity contribution in [3.63, 3.8) is 0 Å². The van der Waals surface area contributed by atoms with E-state index in [-0.39, 0.29) is 12.3 Å². The lowest BCUT2D eigenvalue weighted by atomic mass is 10.1. The van der Waals surface area contributed by atoms with E-state index in [0.29, 0.717) is 24.0 Å². The Morgan fingerprint density at radius 2 is 1.78 bits per heavy atom. The average Bonchev–Trinajstić information content (AvgIpc) is 3.10. The summed E-state index contributed by atoms with van der Waals surface area (Å²) in [4.78, 5) is 20.9. The highest BCUT2D eigenvalue weighted by Gasteiger charge is 2.08. The molecule has 0 spiro atoms. The molecule has 3 aromatic rings. The van der Waals surface area contributed by atoms with Gasteiger partial charge in [0.05, 0.1) is 13.0 Å². The minimum absolute atomic E-state index is 0.185. The van der Waals surface area contributed by atoms with Gasteiger partial charge in [-0.1, -0.05) is 42.0 Å². The molecule has 0 fully saturated rings. The van der Waals surface area contributed by atoms with E-state index in [1.54, 1.807) is 0 Å². The molecule has 1 aromatic heterocycles. The van der Waals surface area contributed by atoms with Crippen molar-refractivity contribution in [2.75, 3.05) is 6.61 Å². The summed E-state index contributed by atoms with van der Waals surface area (Å²) in [5, 5.41) is 0.499. The number of rotatable bonds is 8. The first-order valence-corrected chi connectivity index (χ1v) is 9.45. The van der Waals surface area contributed by atoms with Gasteiger partial charge in [0.1, 0.15) is 5.75 Å². The van der Waals surface area contributed by atoms with Gasteiger partial charge in [-0.15, -0.1) is 0 Å². The minimum atomic E-state index is -0.185. The molecule has 0 saturated heterocycles. The SMILES string of the molecule is CCONC(=O)Cc1ccc(Oc2nc(Cc3ccc(C)cc3)ns2)cc1. The Morgan fingerprint density at radius 1 is 1.07 bits per heavy atom. The molecular formula is C20H21N3O3S. The number of carbonyl (C=O) groups excluding carboxylic acids is 1. The molecule has 0 bridgehead atoms. The summed E-state index contributed by atoms with van der Waals surface area (Å²) in [6.45, 7) is 4.31. The molecule has 0 unspecified atom stereocenters. The summed E-state index contributed by atoms with van der Waals surface area (Å²) in [6.07, 6.45) is 0.924. The van der Waals surface area contributed by atoms with E-state index in [9.17, 15) is 4.79 Å². The van der Waals surface area contributed by atoms with Gasteiger partial charge in [-0.05, 0) is 37.1 Å². The van der Waals surface area contributed by atoms with E-state index >= 15 is 0 Å². The standard InChI is InChI=1S/C20H21N3O3S/c1-3-25-22-19(24)13-16-8-10-17(11-9-16)26-20-21-18(23-27-20)12-15-6-4-14(2)5-7-15/h4-11H,3,12-13H2,1-2H3,(H,22,24). The van der Waals surface area contributed by atoms with Crippen molar-refractivity contribution in [1.29, 1.82) is 0 Å². The van der Waals surface area contributed by atoms with Crippen molar-refractivity contribution in [2.24, 2.45) is 0 Å². The van der Waals surface area contributed by atoms with Crippen LogP contribution in [0.15, 0.2) is 48.5 Å². The van der Waals surface area contributed by atoms with E-state index in [1.807, 2.05) is 31.2 Å². The Morgan fingerprint density at radius 3 is 2.48 bits per heavy atom. The number of aryl methyl sites for hydroxylation is 1. The Balaban J connectivity index is 1.55. The second-order valence-electron chi connectivity index (χ2n) is 6.02. The zero-order valence-corrected chi connectivity index (χ0v) is 16.1. The number of hydrogen-bond acceptors (Lipinski definition) is 6. The predicted octanol–water partition coefficient (Wildman–Crippen LogP) is 3.84. The number of benzene rings is 2. The topological polar surface area (TPSA) is 73.3 Å². The largest absolute Gasteiger partial charge is 0.430 e. The molecule has 1 amide bonds. The van der Waals surface area contributed by atoms with Crippen LogP contribution in [0.5, 0.6) is 10.9 Å². The summed E-state index contributed by atoms with van der Waals surface area (Å²) in [5.74, 6) is 1.21. The van der Waals surface area contributed by atoms with E-state index in [2.05, 4.69) is 46.0 Å². The Labute approximate surface area is 162 Å². The van der Waals surface area contributed by atoms with Crippen LogP contribution in [0.25, 0.3) is 0 Å². The molecular weight excluding hydrogens is 362 g/mol. The van der Waals surface area contributed by atoms with Gasteiger partial charge < -0.3 is 4.74 Å². The fourth-order valence-electron chi connectivity index (χ4n) is 2.39. The van der Waals surface area contributed by atoms with Gasteiger partial charge in [0, 0.05) is 18.0 Å². The molecule has 2 aromatic carbocycles. The fourth-order valence-corrected chi connectivity index (χ4v) is 2.96. The third kappa shape index (κ3) is 5.87. The summed E-state index contributed by atoms with van der Waals surface area (Å²) in [6, 6.07) is 15.6. The van der Waals surface area contributed by atoms with E-state index < -0.39 is 0 Å². The Kier molecular flexibility index (Phi) is 6.51. The molecule has 1 N–H and O–H groups in total. The second-order valence-corrected chi connectivity index (χ2v) is 6.73. The van der Waals surface area contributed by atoms with Gasteiger partial charge >= 0.3 is 0 Å². The highest BCUT2D eigenvalue weighted by atomic mass is 32.1. The van der Waals surface area contributed by atoms with E-state index in [1.165, 1.54) is 22.7 Å². The van der Waals surface area contributed by atoms with Crippen molar-refractivity contribution in [1.82, 2.24) is 14.8 Å². The quantitative estimate of drug-likeness (QED) is 0.598. The van der Waals surface area contributed by atoms with Crippen LogP contribution in [0.3, 0.4) is 0 Å². The number of carbonyl (C=O) groups is 1. The molecule has 0 aliphatic rings. The number of hydrogen-bond donors (Lipinski definition) is 1. The van der Waals surface area contributed by atoms with Crippen LogP contribution in [-0.4, -0.2) is 21.9 Å². The molecule has 27 heavy (non-hydrogen) atoms. The smallest absolute Gasteiger partial charge is 0.298 e. The lowest BCUT2D eigenvalue weighted by Crippen LogP contribution is -2.25. The number of hydroxylamine groups is 1. The first-order valence-electron chi connectivity index (χ1n) is 8.68. The molecule has 1 heterocycles. The molecule has 0 saturated carbocycles. The number of amides is 1. The highest BCUT2D eigenvalue weighted by Crippen LogP contribution is 2.24. The van der Waals surface area contributed by atoms with Crippen LogP contribution in [0.2, 0.25) is 0 Å². The van der Waals surface area contributed by atoms with Crippen LogP contribution in [0, 0.1) is 6.92 Å². The predicted molar refractivity (Wildman–Crippen MR) is 104 cm³/mol. The van der Waals surface area contributed by atoms with Gasteiger partial charge in [0.25, 0.3) is 5.19 Å². The molecule has 0 aliphatic carbocycles. The first-order chi connectivity index (χ1) is 13.1. The fraction of sp³-hybridized carbons (Fsp3) is 0.250. The zero-order chi connectivity index (χ0) is 19.1. The second kappa shape index (κ2) is 9.25. The summed E-state index contributed by atoms with van der Waals surface area (Å²) >= 11 is 1.23. The molecule has 7 heteroatoms. The maximum absolute atomic E-state index is 11.6. The van der Waals surface area contributed by atoms with Crippen LogP contribution >= 0.6 is 11.5 Å². The lowest BCUT2D eigenvalue weighted by molar-refractivity contribution is -0.132. The van der Waals surface area contributed by atoms with Crippen molar-refractivity contribution < 1.29 is 14.4 Å². The van der Waals surface area contributed by atoms with Crippen molar-refractivity contribution in [3.05, 3.63) is 71.0 Å². The molecule has 0 aliphatic heterocycles. The minimum Gasteiger partial charge on any atom is -0.430 e. The lowest BCUT2D eigenvalue weighted by Gasteiger charge is -2.05. The number of aromatic nitrogens is 2. The van der Waals surface area contributed by atoms with Gasteiger partial charge in [0.15, 0.2) is 5.82 Å². The average molecular weight is 383 g/mol. The normalized spacial score (nSPS) is 10.6. The van der Waals surface area contributed by atoms with Gasteiger partial charge in [-0.25, -0.2) is 5.48 Å². The maximum Gasteiger partial charge on any atom is 0.298 e. The molecule has 0 radical (unpaired) electrons. The van der Waals surface area contributed by atoms with Crippen LogP contribution in [0.4, 0.5) is 0 Å². The summed E-state index contributed by atoms with van der Waals surface area (Å²) in [7, 11) is 0. The number of nitrogens with zero attached hydrogens (tertiary/aromatic N) is 2. The number of ether oxygens (including phenoxy) is 1. The highest BCUT2D eigenvalue weighted by molar-refractivity contribution is 7.07. The van der Waals surface area contributed by atoms with E-state index in [0.717, 1.165) is 11.4 Å². The van der Waals surface area contributed by atoms with Crippen molar-refractivity contribution in [3.8, 4) is 10.9 Å². The van der Waals surface area contributed by atoms with Gasteiger partial charge in [-0.2, -0.15) is 9.36 Å². The van der Waals surface area contributed by atoms with Crippen molar-refractivity contribution >= 4 is 17.4 Å². The number of nitrogens with one attached hydrogen (secondary N) is 1. The zero-order valence-electron chi connectivity index (χ0n) is 15.3. The summed E-state index contributed by atoms with van der Waals surface area (Å²) in [5.41, 5.74) is 5.64. The molecule has 140 valence electrons. The van der Waals surface area contributed by atoms with Crippen molar-refractivity contribution in [2.45, 2.75) is 26.7 Å². The Hall–Kier alpha value is -2.77. The molecule has 0 atom stereocenters. The van der Waals surface area contributed by atoms with Crippen LogP contribution in [0.1, 0.15) is 29.4 Å². The monoisotopic (exact) mass is 383 g/mol. The third-order valence-electron chi connectivity index (χ3n) is 3.76. The first kappa shape index (κ1) is 19.0. The van der Waals surface area contributed by atoms with Gasteiger partial charge in [-0.3, -0.25) is 9.63 Å². The molecule has 6 nitrogen and oxygen atoms in total. The maximum atomic E-state index is 11.6. The third-order valence-corrected chi connectivity index (χ3v) is 4.39. The van der Waals surface area contributed by atoms with Gasteiger partial charge in [0.2, 0.25) is 5.91 Å². The Bertz CT molecular complexity index is 876. The molecule has 3 rings (SSSR count). The van der Waals surface area contributed by atoms with E-state index in [4.69, 9.17) is 9.57 Å². The van der Waals surface area contributed by atoms with Crippen LogP contribution < -0.4 is 10.2 Å².